The molecule has 2 heteroatoms. The number of unbranched alkanes of at least 4 members (excludes halogenated alkanes) is 9. The maximum absolute atomic E-state index is 2.28. The molecule has 0 aromatic carbocycles. The van der Waals surface area contributed by atoms with Crippen molar-refractivity contribution >= 4 is 0 Å². The van der Waals surface area contributed by atoms with E-state index in [4.69, 9.17) is 0 Å². The number of halogens is 1. The summed E-state index contributed by atoms with van der Waals surface area (Å²) in [5.41, 5.74) is 1.48. The second-order valence-electron chi connectivity index (χ2n) is 5.80. The zero-order valence-electron chi connectivity index (χ0n) is 13.4. The molecule has 0 amide bonds. The molecule has 0 unspecified atom stereocenters. The van der Waals surface area contributed by atoms with Crippen molar-refractivity contribution in [3.05, 3.63) is 30.1 Å². The van der Waals surface area contributed by atoms with Crippen LogP contribution >= 0.6 is 0 Å². The third-order valence-electron chi connectivity index (χ3n) is 3.87. The summed E-state index contributed by atoms with van der Waals surface area (Å²) in [6.45, 7) is 2.28. The van der Waals surface area contributed by atoms with Gasteiger partial charge < -0.3 is 12.4 Å². The fourth-order valence-electron chi connectivity index (χ4n) is 2.52. The molecule has 0 aliphatic carbocycles. The summed E-state index contributed by atoms with van der Waals surface area (Å²) in [5.74, 6) is 0. The standard InChI is InChI=1S/C18H32N.ClH/c1-3-4-5-6-7-8-9-10-11-12-13-18-14-16-19(2)17-15-18;/h14-17H,3-13H2,1-2H3;1H/q+1;/p-1. The average Bonchev–Trinajstić information content (AvgIpc) is 2.43. The van der Waals surface area contributed by atoms with Crippen molar-refractivity contribution in [2.45, 2.75) is 77.6 Å². The number of pyridine rings is 1. The predicted molar refractivity (Wildman–Crippen MR) is 83.2 cm³/mol. The summed E-state index contributed by atoms with van der Waals surface area (Å²) in [4.78, 5) is 0. The second kappa shape index (κ2) is 13.4. The number of nitrogens with zero attached hydrogens (tertiary/aromatic N) is 1. The van der Waals surface area contributed by atoms with Crippen LogP contribution in [0.15, 0.2) is 24.5 Å². The Balaban J connectivity index is 0.00000361. The minimum Gasteiger partial charge on any atom is -1.00 e. The van der Waals surface area contributed by atoms with E-state index in [1.165, 1.54) is 76.2 Å². The van der Waals surface area contributed by atoms with Gasteiger partial charge in [0.1, 0.15) is 7.05 Å². The van der Waals surface area contributed by atoms with Gasteiger partial charge in [-0.25, -0.2) is 4.57 Å². The Labute approximate surface area is 132 Å². The van der Waals surface area contributed by atoms with Crippen molar-refractivity contribution in [2.75, 3.05) is 0 Å². The molecule has 1 heterocycles. The lowest BCUT2D eigenvalue weighted by atomic mass is 10.0. The fourth-order valence-corrected chi connectivity index (χ4v) is 2.52. The van der Waals surface area contributed by atoms with Crippen molar-refractivity contribution in [3.8, 4) is 0 Å². The van der Waals surface area contributed by atoms with E-state index < -0.39 is 0 Å². The first-order valence-electron chi connectivity index (χ1n) is 8.27. The summed E-state index contributed by atoms with van der Waals surface area (Å²) in [6.07, 6.45) is 19.7. The van der Waals surface area contributed by atoms with Gasteiger partial charge in [0.2, 0.25) is 0 Å². The third-order valence-corrected chi connectivity index (χ3v) is 3.87. The molecule has 1 aromatic heterocycles. The van der Waals surface area contributed by atoms with E-state index in [2.05, 4.69) is 43.1 Å². The number of aromatic nitrogens is 1. The van der Waals surface area contributed by atoms with E-state index in [0.29, 0.717) is 0 Å². The highest BCUT2D eigenvalue weighted by Crippen LogP contribution is 2.11. The topological polar surface area (TPSA) is 3.88 Å². The van der Waals surface area contributed by atoms with Gasteiger partial charge in [0.05, 0.1) is 0 Å². The van der Waals surface area contributed by atoms with Gasteiger partial charge in [-0.2, -0.15) is 0 Å². The molecule has 0 atom stereocenters. The first kappa shape index (κ1) is 19.4. The highest BCUT2D eigenvalue weighted by Gasteiger charge is 1.97. The molecule has 0 fully saturated rings. The van der Waals surface area contributed by atoms with E-state index in [-0.39, 0.29) is 12.4 Å². The molecule has 0 bridgehead atoms. The summed E-state index contributed by atoms with van der Waals surface area (Å²) in [7, 11) is 2.07. The lowest BCUT2D eigenvalue weighted by molar-refractivity contribution is -0.671. The summed E-state index contributed by atoms with van der Waals surface area (Å²) < 4.78 is 2.10. The van der Waals surface area contributed by atoms with E-state index in [9.17, 15) is 0 Å². The molecule has 20 heavy (non-hydrogen) atoms. The van der Waals surface area contributed by atoms with E-state index >= 15 is 0 Å². The van der Waals surface area contributed by atoms with Gasteiger partial charge in [-0.15, -0.1) is 0 Å². The molecule has 0 N–H and O–H groups in total. The molecular weight excluding hydrogens is 266 g/mol. The van der Waals surface area contributed by atoms with Gasteiger partial charge in [0, 0.05) is 12.1 Å². The first-order chi connectivity index (χ1) is 9.33. The molecule has 0 aliphatic rings. The molecule has 0 saturated heterocycles. The lowest BCUT2D eigenvalue weighted by Gasteiger charge is -2.02. The van der Waals surface area contributed by atoms with Crippen LogP contribution in [0.5, 0.6) is 0 Å². The van der Waals surface area contributed by atoms with Crippen molar-refractivity contribution in [1.82, 2.24) is 0 Å². The van der Waals surface area contributed by atoms with Crippen LogP contribution in [0.3, 0.4) is 0 Å². The molecule has 1 nitrogen and oxygen atoms in total. The second-order valence-corrected chi connectivity index (χ2v) is 5.80. The van der Waals surface area contributed by atoms with Crippen LogP contribution in [0.1, 0.15) is 76.7 Å². The minimum atomic E-state index is 0. The Morgan fingerprint density at radius 2 is 1.20 bits per heavy atom. The fraction of sp³-hybridized carbons (Fsp3) is 0.722. The number of hydrogen-bond donors (Lipinski definition) is 0. The van der Waals surface area contributed by atoms with Gasteiger partial charge in [0.25, 0.3) is 0 Å². The van der Waals surface area contributed by atoms with Gasteiger partial charge >= 0.3 is 0 Å². The largest absolute Gasteiger partial charge is 1.00 e. The zero-order chi connectivity index (χ0) is 13.8. The molecule has 0 aliphatic heterocycles. The van der Waals surface area contributed by atoms with Crippen LogP contribution in [0.4, 0.5) is 0 Å². The van der Waals surface area contributed by atoms with Gasteiger partial charge in [0.15, 0.2) is 12.4 Å². The van der Waals surface area contributed by atoms with Crippen LogP contribution in [0.2, 0.25) is 0 Å². The highest BCUT2D eigenvalue weighted by molar-refractivity contribution is 5.06. The molecular formula is C18H32ClN. The highest BCUT2D eigenvalue weighted by atomic mass is 35.5. The van der Waals surface area contributed by atoms with Gasteiger partial charge in [-0.1, -0.05) is 64.7 Å². The van der Waals surface area contributed by atoms with Crippen LogP contribution in [0.25, 0.3) is 0 Å². The van der Waals surface area contributed by atoms with Crippen LogP contribution in [-0.2, 0) is 13.5 Å². The predicted octanol–water partition coefficient (Wildman–Crippen LogP) is 1.98. The molecule has 116 valence electrons. The maximum atomic E-state index is 2.28. The lowest BCUT2D eigenvalue weighted by Crippen LogP contribution is -3.00. The van der Waals surface area contributed by atoms with E-state index in [1.54, 1.807) is 0 Å². The molecule has 0 spiro atoms. The van der Waals surface area contributed by atoms with Crippen molar-refractivity contribution < 1.29 is 17.0 Å². The third kappa shape index (κ3) is 10.3. The van der Waals surface area contributed by atoms with Crippen LogP contribution < -0.4 is 17.0 Å². The summed E-state index contributed by atoms with van der Waals surface area (Å²) in [6, 6.07) is 4.49. The van der Waals surface area contributed by atoms with E-state index in [0.717, 1.165) is 0 Å². The number of hydrogen-bond acceptors (Lipinski definition) is 0. The van der Waals surface area contributed by atoms with E-state index in [1.807, 2.05) is 0 Å². The number of aryl methyl sites for hydroxylation is 2. The molecule has 1 rings (SSSR count). The molecule has 0 radical (unpaired) electrons. The van der Waals surface area contributed by atoms with Gasteiger partial charge in [-0.05, 0) is 18.4 Å². The van der Waals surface area contributed by atoms with Gasteiger partial charge in [-0.3, -0.25) is 0 Å². The molecule has 1 aromatic rings. The van der Waals surface area contributed by atoms with Crippen molar-refractivity contribution in [1.29, 1.82) is 0 Å². The van der Waals surface area contributed by atoms with Crippen molar-refractivity contribution in [2.24, 2.45) is 7.05 Å². The summed E-state index contributed by atoms with van der Waals surface area (Å²) in [5, 5.41) is 0. The Kier molecular flexibility index (Phi) is 13.0. The van der Waals surface area contributed by atoms with Crippen LogP contribution in [-0.4, -0.2) is 0 Å². The monoisotopic (exact) mass is 297 g/mol. The Morgan fingerprint density at radius 1 is 0.750 bits per heavy atom. The Morgan fingerprint density at radius 3 is 1.70 bits per heavy atom. The maximum Gasteiger partial charge on any atom is 0.168 e. The minimum absolute atomic E-state index is 0. The number of rotatable bonds is 11. The average molecular weight is 298 g/mol. The first-order valence-corrected chi connectivity index (χ1v) is 8.27. The Hall–Kier alpha value is -0.560. The molecule has 0 saturated carbocycles. The smallest absolute Gasteiger partial charge is 0.168 e. The Bertz CT molecular complexity index is 308. The quantitative estimate of drug-likeness (QED) is 0.434. The van der Waals surface area contributed by atoms with Crippen molar-refractivity contribution in [3.63, 3.8) is 0 Å². The summed E-state index contributed by atoms with van der Waals surface area (Å²) >= 11 is 0. The normalized spacial score (nSPS) is 10.3. The zero-order valence-corrected chi connectivity index (χ0v) is 14.2. The SMILES string of the molecule is CCCCCCCCCCCCc1cc[n+](C)cc1.[Cl-]. The van der Waals surface area contributed by atoms with Crippen LogP contribution in [0, 0.1) is 0 Å².